The summed E-state index contributed by atoms with van der Waals surface area (Å²) < 4.78 is 21.8. The van der Waals surface area contributed by atoms with Crippen LogP contribution in [-0.2, 0) is 4.74 Å². The smallest absolute Gasteiger partial charge is 0.227 e. The highest BCUT2D eigenvalue weighted by Crippen LogP contribution is 2.31. The van der Waals surface area contributed by atoms with Crippen molar-refractivity contribution in [1.29, 1.82) is 0 Å². The van der Waals surface area contributed by atoms with Gasteiger partial charge in [-0.1, -0.05) is 0 Å². The Hall–Kier alpha value is -3.05. The molecule has 2 aliphatic rings. The summed E-state index contributed by atoms with van der Waals surface area (Å²) in [5.41, 5.74) is -0.327. The number of pyridine rings is 1. The van der Waals surface area contributed by atoms with Crippen molar-refractivity contribution in [2.24, 2.45) is 0 Å². The summed E-state index contributed by atoms with van der Waals surface area (Å²) >= 11 is 0. The van der Waals surface area contributed by atoms with E-state index in [1.807, 2.05) is 16.9 Å². The van der Waals surface area contributed by atoms with Crippen LogP contribution in [0.3, 0.4) is 0 Å². The van der Waals surface area contributed by atoms with Crippen LogP contribution in [0, 0.1) is 0 Å². The van der Waals surface area contributed by atoms with Crippen molar-refractivity contribution in [3.8, 4) is 0 Å². The number of hydrogen-bond acceptors (Lipinski definition) is 9. The van der Waals surface area contributed by atoms with E-state index in [1.54, 1.807) is 17.2 Å². The molecule has 5 rings (SSSR count). The predicted molar refractivity (Wildman–Crippen MR) is 129 cm³/mol. The molecule has 2 saturated heterocycles. The zero-order valence-corrected chi connectivity index (χ0v) is 19.8. The number of halogens is 1. The lowest BCUT2D eigenvalue weighted by atomic mass is 9.92. The standard InChI is InChI=1S/C23H31FN8O2/c1-15(2)32-17-12-20(26-13-16(17)21(29-32)30-8-10-34-11-9-30)27-19-4-6-25-22(28-19)31-7-5-23(3,33)18(24)14-31/h4,6,12-13,15,18,33H,5,7-11,14H2,1-3H3,(H,25,26,27,28). The van der Waals surface area contributed by atoms with Gasteiger partial charge in [0.25, 0.3) is 0 Å². The summed E-state index contributed by atoms with van der Waals surface area (Å²) in [5, 5.41) is 19.2. The van der Waals surface area contributed by atoms with E-state index in [2.05, 4.69) is 39.0 Å². The fourth-order valence-corrected chi connectivity index (χ4v) is 4.37. The van der Waals surface area contributed by atoms with Crippen molar-refractivity contribution in [3.05, 3.63) is 24.5 Å². The molecule has 11 heteroatoms. The fraction of sp³-hybridized carbons (Fsp3) is 0.565. The lowest BCUT2D eigenvalue weighted by molar-refractivity contribution is -0.0332. The average molecular weight is 471 g/mol. The quantitative estimate of drug-likeness (QED) is 0.582. The van der Waals surface area contributed by atoms with E-state index in [4.69, 9.17) is 9.84 Å². The first-order valence-corrected chi connectivity index (χ1v) is 11.7. The Bertz CT molecular complexity index is 1160. The Morgan fingerprint density at radius 3 is 2.71 bits per heavy atom. The van der Waals surface area contributed by atoms with Gasteiger partial charge in [-0.25, -0.2) is 14.4 Å². The van der Waals surface area contributed by atoms with Crippen molar-refractivity contribution in [2.45, 2.75) is 45.0 Å². The molecule has 2 unspecified atom stereocenters. The summed E-state index contributed by atoms with van der Waals surface area (Å²) in [6.07, 6.45) is 2.44. The minimum atomic E-state index is -1.36. The van der Waals surface area contributed by atoms with Crippen molar-refractivity contribution < 1.29 is 14.2 Å². The maximum absolute atomic E-state index is 14.3. The number of aromatic nitrogens is 5. The second kappa shape index (κ2) is 8.95. The second-order valence-electron chi connectivity index (χ2n) is 9.44. The zero-order valence-electron chi connectivity index (χ0n) is 19.8. The highest BCUT2D eigenvalue weighted by atomic mass is 19.1. The van der Waals surface area contributed by atoms with Gasteiger partial charge in [-0.3, -0.25) is 4.68 Å². The number of nitrogens with zero attached hydrogens (tertiary/aromatic N) is 7. The highest BCUT2D eigenvalue weighted by molar-refractivity contribution is 5.92. The molecular weight excluding hydrogens is 439 g/mol. The number of aliphatic hydroxyl groups is 1. The van der Waals surface area contributed by atoms with Gasteiger partial charge in [0.1, 0.15) is 17.8 Å². The first-order chi connectivity index (χ1) is 16.3. The van der Waals surface area contributed by atoms with Gasteiger partial charge in [0.05, 0.1) is 36.3 Å². The summed E-state index contributed by atoms with van der Waals surface area (Å²) in [6, 6.07) is 3.91. The second-order valence-corrected chi connectivity index (χ2v) is 9.44. The van der Waals surface area contributed by atoms with Gasteiger partial charge in [-0.2, -0.15) is 10.1 Å². The summed E-state index contributed by atoms with van der Waals surface area (Å²) in [4.78, 5) is 17.5. The zero-order chi connectivity index (χ0) is 23.9. The van der Waals surface area contributed by atoms with Gasteiger partial charge in [0.2, 0.25) is 5.95 Å². The minimum Gasteiger partial charge on any atom is -0.387 e. The molecule has 182 valence electrons. The summed E-state index contributed by atoms with van der Waals surface area (Å²) in [7, 11) is 0. The number of ether oxygens (including phenoxy) is 1. The Labute approximate surface area is 197 Å². The van der Waals surface area contributed by atoms with Crippen molar-refractivity contribution in [3.63, 3.8) is 0 Å². The molecule has 0 bridgehead atoms. The normalized spacial score (nSPS) is 23.6. The average Bonchev–Trinajstić information content (AvgIpc) is 3.21. The molecule has 2 fully saturated rings. The van der Waals surface area contributed by atoms with Crippen molar-refractivity contribution >= 4 is 34.3 Å². The third-order valence-corrected chi connectivity index (χ3v) is 6.50. The first-order valence-electron chi connectivity index (χ1n) is 11.7. The van der Waals surface area contributed by atoms with Crippen LogP contribution in [-0.4, -0.2) is 81.0 Å². The Morgan fingerprint density at radius 1 is 1.18 bits per heavy atom. The van der Waals surface area contributed by atoms with E-state index < -0.39 is 11.8 Å². The molecule has 3 aromatic heterocycles. The van der Waals surface area contributed by atoms with Crippen LogP contribution in [0.1, 0.15) is 33.2 Å². The molecule has 0 radical (unpaired) electrons. The maximum Gasteiger partial charge on any atom is 0.227 e. The predicted octanol–water partition coefficient (Wildman–Crippen LogP) is 2.68. The van der Waals surface area contributed by atoms with Gasteiger partial charge in [0.15, 0.2) is 5.82 Å². The van der Waals surface area contributed by atoms with E-state index in [1.165, 1.54) is 6.92 Å². The number of nitrogens with one attached hydrogen (secondary N) is 1. The van der Waals surface area contributed by atoms with Crippen LogP contribution in [0.25, 0.3) is 10.9 Å². The number of fused-ring (bicyclic) bond motifs is 1. The number of alkyl halides is 1. The monoisotopic (exact) mass is 470 g/mol. The number of rotatable bonds is 5. The molecule has 2 aliphatic heterocycles. The van der Waals surface area contributed by atoms with Gasteiger partial charge in [-0.15, -0.1) is 0 Å². The van der Waals surface area contributed by atoms with Crippen LogP contribution in [0.15, 0.2) is 24.5 Å². The van der Waals surface area contributed by atoms with Crippen molar-refractivity contribution in [2.75, 3.05) is 54.5 Å². The van der Waals surface area contributed by atoms with Crippen molar-refractivity contribution in [1.82, 2.24) is 24.7 Å². The molecule has 3 aromatic rings. The number of anilines is 4. The molecule has 0 spiro atoms. The molecule has 2 N–H and O–H groups in total. The van der Waals surface area contributed by atoms with Gasteiger partial charge in [0, 0.05) is 44.1 Å². The third kappa shape index (κ3) is 4.37. The minimum absolute atomic E-state index is 0.0541. The molecule has 0 aliphatic carbocycles. The van der Waals surface area contributed by atoms with E-state index in [0.29, 0.717) is 43.8 Å². The number of hydrogen-bond donors (Lipinski definition) is 2. The molecule has 2 atom stereocenters. The summed E-state index contributed by atoms with van der Waals surface area (Å²) in [6.45, 7) is 9.27. The topological polar surface area (TPSA) is 104 Å². The van der Waals surface area contributed by atoms with E-state index >= 15 is 0 Å². The SMILES string of the molecule is CC(C)n1nc(N2CCOCC2)c2cnc(Nc3ccnc(N4CCC(C)(O)C(F)C4)n3)cc21. The summed E-state index contributed by atoms with van der Waals surface area (Å²) in [5.74, 6) is 2.55. The molecule has 34 heavy (non-hydrogen) atoms. The van der Waals surface area contributed by atoms with Crippen LogP contribution in [0.4, 0.5) is 27.8 Å². The van der Waals surface area contributed by atoms with Crippen LogP contribution >= 0.6 is 0 Å². The Balaban J connectivity index is 1.40. The lowest BCUT2D eigenvalue weighted by Crippen LogP contribution is -2.52. The molecular formula is C23H31FN8O2. The Morgan fingerprint density at radius 2 is 1.97 bits per heavy atom. The van der Waals surface area contributed by atoms with E-state index in [-0.39, 0.29) is 12.6 Å². The van der Waals surface area contributed by atoms with Crippen LogP contribution in [0.2, 0.25) is 0 Å². The maximum atomic E-state index is 14.3. The largest absolute Gasteiger partial charge is 0.387 e. The van der Waals surface area contributed by atoms with Crippen LogP contribution in [0.5, 0.6) is 0 Å². The van der Waals surface area contributed by atoms with Gasteiger partial charge in [-0.05, 0) is 33.3 Å². The Kier molecular flexibility index (Phi) is 5.98. The fourth-order valence-electron chi connectivity index (χ4n) is 4.37. The number of piperidine rings is 1. The van der Waals surface area contributed by atoms with Crippen LogP contribution < -0.4 is 15.1 Å². The van der Waals surface area contributed by atoms with E-state index in [9.17, 15) is 9.50 Å². The third-order valence-electron chi connectivity index (χ3n) is 6.50. The highest BCUT2D eigenvalue weighted by Gasteiger charge is 2.38. The van der Waals surface area contributed by atoms with E-state index in [0.717, 1.165) is 29.8 Å². The van der Waals surface area contributed by atoms with Gasteiger partial charge >= 0.3 is 0 Å². The van der Waals surface area contributed by atoms with Gasteiger partial charge < -0.3 is 25.0 Å². The first kappa shape index (κ1) is 22.7. The molecule has 0 aromatic carbocycles. The molecule has 5 heterocycles. The molecule has 10 nitrogen and oxygen atoms in total. The molecule has 0 saturated carbocycles. The lowest BCUT2D eigenvalue weighted by Gasteiger charge is -2.38. The molecule has 0 amide bonds. The number of morpholine rings is 1.